The van der Waals surface area contributed by atoms with E-state index in [1.54, 1.807) is 11.3 Å². The number of hydrogen-bond acceptors (Lipinski definition) is 4. The van der Waals surface area contributed by atoms with Gasteiger partial charge >= 0.3 is 0 Å². The number of halogens is 1. The molecule has 0 amide bonds. The average Bonchev–Trinajstić information content (AvgIpc) is 2.73. The van der Waals surface area contributed by atoms with E-state index in [2.05, 4.69) is 38.4 Å². The first-order valence-electron chi connectivity index (χ1n) is 6.05. The summed E-state index contributed by atoms with van der Waals surface area (Å²) >= 11 is 4.92. The monoisotopic (exact) mass is 303 g/mol. The van der Waals surface area contributed by atoms with Crippen LogP contribution in [0.15, 0.2) is 3.92 Å². The maximum atomic E-state index is 4.11. The number of aromatic nitrogens is 2. The lowest BCUT2D eigenvalue weighted by Crippen LogP contribution is -2.30. The van der Waals surface area contributed by atoms with Crippen LogP contribution in [-0.4, -0.2) is 16.2 Å². The van der Waals surface area contributed by atoms with Crippen LogP contribution in [0.2, 0.25) is 0 Å². The molecule has 1 aromatic heterocycles. The summed E-state index contributed by atoms with van der Waals surface area (Å²) in [5.41, 5.74) is 0. The number of anilines is 1. The maximum Gasteiger partial charge on any atom is 0.206 e. The normalized spacial score (nSPS) is 19.6. The van der Waals surface area contributed by atoms with Crippen molar-refractivity contribution in [2.24, 2.45) is 5.92 Å². The second-order valence-corrected chi connectivity index (χ2v) is 6.67. The molecule has 0 aliphatic heterocycles. The van der Waals surface area contributed by atoms with Crippen molar-refractivity contribution in [3.63, 3.8) is 0 Å². The van der Waals surface area contributed by atoms with Gasteiger partial charge in [-0.25, -0.2) is 0 Å². The van der Waals surface area contributed by atoms with Crippen LogP contribution < -0.4 is 5.32 Å². The van der Waals surface area contributed by atoms with Gasteiger partial charge in [0.1, 0.15) is 0 Å². The fraction of sp³-hybridized carbons (Fsp3) is 0.818. The van der Waals surface area contributed by atoms with Gasteiger partial charge in [0.25, 0.3) is 0 Å². The molecule has 3 nitrogen and oxygen atoms in total. The Hall–Kier alpha value is -0.160. The number of hydrogen-bond donors (Lipinski definition) is 1. The van der Waals surface area contributed by atoms with Gasteiger partial charge in [-0.2, -0.15) is 0 Å². The molecule has 0 radical (unpaired) electrons. The lowest BCUT2D eigenvalue weighted by molar-refractivity contribution is 0.313. The molecule has 0 bridgehead atoms. The van der Waals surface area contributed by atoms with E-state index in [1.165, 1.54) is 38.5 Å². The standard InChI is InChI=1S/C11H18BrN3S/c1-2-9(8-6-4-3-5-7-8)13-11-15-14-10(12)16-11/h8-9H,2-7H2,1H3,(H,13,15). The van der Waals surface area contributed by atoms with E-state index in [9.17, 15) is 0 Å². The maximum absolute atomic E-state index is 4.11. The molecule has 1 aliphatic rings. The van der Waals surface area contributed by atoms with Crippen LogP contribution in [0.1, 0.15) is 45.4 Å². The van der Waals surface area contributed by atoms with Crippen LogP contribution in [-0.2, 0) is 0 Å². The minimum absolute atomic E-state index is 0.570. The van der Waals surface area contributed by atoms with Crippen molar-refractivity contribution in [3.05, 3.63) is 3.92 Å². The van der Waals surface area contributed by atoms with Crippen molar-refractivity contribution in [2.45, 2.75) is 51.5 Å². The summed E-state index contributed by atoms with van der Waals surface area (Å²) in [4.78, 5) is 0. The Morgan fingerprint density at radius 3 is 2.69 bits per heavy atom. The summed E-state index contributed by atoms with van der Waals surface area (Å²) in [7, 11) is 0. The van der Waals surface area contributed by atoms with Gasteiger partial charge in [-0.1, -0.05) is 37.5 Å². The number of nitrogens with zero attached hydrogens (tertiary/aromatic N) is 2. The Morgan fingerprint density at radius 2 is 2.12 bits per heavy atom. The quantitative estimate of drug-likeness (QED) is 0.911. The molecule has 1 fully saturated rings. The van der Waals surface area contributed by atoms with Crippen LogP contribution in [0.3, 0.4) is 0 Å². The zero-order valence-electron chi connectivity index (χ0n) is 9.58. The Morgan fingerprint density at radius 1 is 1.38 bits per heavy atom. The predicted molar refractivity (Wildman–Crippen MR) is 71.9 cm³/mol. The van der Waals surface area contributed by atoms with Gasteiger partial charge in [-0.15, -0.1) is 10.2 Å². The van der Waals surface area contributed by atoms with Gasteiger partial charge in [0.05, 0.1) is 0 Å². The van der Waals surface area contributed by atoms with Crippen LogP contribution >= 0.6 is 27.3 Å². The van der Waals surface area contributed by atoms with Gasteiger partial charge in [0, 0.05) is 6.04 Å². The minimum atomic E-state index is 0.570. The van der Waals surface area contributed by atoms with Crippen LogP contribution in [0, 0.1) is 5.92 Å². The van der Waals surface area contributed by atoms with E-state index in [0.29, 0.717) is 6.04 Å². The van der Waals surface area contributed by atoms with Crippen LogP contribution in [0.25, 0.3) is 0 Å². The van der Waals surface area contributed by atoms with Crippen molar-refractivity contribution >= 4 is 32.4 Å². The highest BCUT2D eigenvalue weighted by molar-refractivity contribution is 9.11. The molecule has 90 valence electrons. The van der Waals surface area contributed by atoms with Crippen LogP contribution in [0.4, 0.5) is 5.13 Å². The first-order valence-corrected chi connectivity index (χ1v) is 7.66. The van der Waals surface area contributed by atoms with E-state index in [4.69, 9.17) is 0 Å². The topological polar surface area (TPSA) is 37.8 Å². The van der Waals surface area contributed by atoms with E-state index in [1.807, 2.05) is 0 Å². The fourth-order valence-electron chi connectivity index (χ4n) is 2.51. The molecule has 0 aromatic carbocycles. The van der Waals surface area contributed by atoms with Crippen molar-refractivity contribution < 1.29 is 0 Å². The Balaban J connectivity index is 1.94. The zero-order valence-corrected chi connectivity index (χ0v) is 12.0. The first kappa shape index (κ1) is 12.3. The van der Waals surface area contributed by atoms with E-state index >= 15 is 0 Å². The third-order valence-corrected chi connectivity index (χ3v) is 4.66. The van der Waals surface area contributed by atoms with Gasteiger partial charge < -0.3 is 5.32 Å². The molecule has 1 unspecified atom stereocenters. The Bertz CT molecular complexity index is 323. The molecule has 0 saturated heterocycles. The molecule has 1 N–H and O–H groups in total. The smallest absolute Gasteiger partial charge is 0.206 e. The highest BCUT2D eigenvalue weighted by Crippen LogP contribution is 2.30. The van der Waals surface area contributed by atoms with Crippen LogP contribution in [0.5, 0.6) is 0 Å². The Kier molecular flexibility index (Phi) is 4.58. The van der Waals surface area contributed by atoms with Crippen molar-refractivity contribution in [1.29, 1.82) is 0 Å². The lowest BCUT2D eigenvalue weighted by atomic mass is 9.83. The Labute approximate surface area is 109 Å². The summed E-state index contributed by atoms with van der Waals surface area (Å²) in [5, 5.41) is 12.6. The average molecular weight is 304 g/mol. The molecular formula is C11H18BrN3S. The van der Waals surface area contributed by atoms with E-state index in [-0.39, 0.29) is 0 Å². The third kappa shape index (κ3) is 3.17. The first-order chi connectivity index (χ1) is 7.79. The number of nitrogens with one attached hydrogen (secondary N) is 1. The largest absolute Gasteiger partial charge is 0.357 e. The molecular weight excluding hydrogens is 286 g/mol. The number of rotatable bonds is 4. The minimum Gasteiger partial charge on any atom is -0.357 e. The summed E-state index contributed by atoms with van der Waals surface area (Å²) < 4.78 is 0.855. The van der Waals surface area contributed by atoms with Gasteiger partial charge in [0.2, 0.25) is 5.13 Å². The van der Waals surface area contributed by atoms with Crippen molar-refractivity contribution in [1.82, 2.24) is 10.2 Å². The molecule has 16 heavy (non-hydrogen) atoms. The SMILES string of the molecule is CCC(Nc1nnc(Br)s1)C1CCCCC1. The summed E-state index contributed by atoms with van der Waals surface area (Å²) in [6.07, 6.45) is 8.10. The van der Waals surface area contributed by atoms with Gasteiger partial charge in [-0.3, -0.25) is 0 Å². The summed E-state index contributed by atoms with van der Waals surface area (Å²) in [6.45, 7) is 2.25. The van der Waals surface area contributed by atoms with Crippen molar-refractivity contribution in [2.75, 3.05) is 5.32 Å². The third-order valence-electron chi connectivity index (χ3n) is 3.37. The molecule has 1 atom stereocenters. The molecule has 2 rings (SSSR count). The summed E-state index contributed by atoms with van der Waals surface area (Å²) in [5.74, 6) is 0.821. The molecule has 1 aromatic rings. The fourth-order valence-corrected chi connectivity index (χ4v) is 3.58. The van der Waals surface area contributed by atoms with Crippen molar-refractivity contribution in [3.8, 4) is 0 Å². The second-order valence-electron chi connectivity index (χ2n) is 4.42. The molecule has 0 spiro atoms. The summed E-state index contributed by atoms with van der Waals surface area (Å²) in [6, 6.07) is 0.570. The molecule has 1 aliphatic carbocycles. The molecule has 5 heteroatoms. The van der Waals surface area contributed by atoms with E-state index in [0.717, 1.165) is 15.0 Å². The zero-order chi connectivity index (χ0) is 11.4. The van der Waals surface area contributed by atoms with Gasteiger partial charge in [0.15, 0.2) is 3.92 Å². The van der Waals surface area contributed by atoms with Gasteiger partial charge in [-0.05, 0) is 41.1 Å². The second kappa shape index (κ2) is 5.96. The predicted octanol–water partition coefficient (Wildman–Crippen LogP) is 4.07. The highest BCUT2D eigenvalue weighted by atomic mass is 79.9. The lowest BCUT2D eigenvalue weighted by Gasteiger charge is -2.29. The molecule has 1 heterocycles. The molecule has 1 saturated carbocycles. The van der Waals surface area contributed by atoms with E-state index < -0.39 is 0 Å². The highest BCUT2D eigenvalue weighted by Gasteiger charge is 2.22.